The number of nitrogens with two attached hydrogens (primary N) is 1. The monoisotopic (exact) mass is 297 g/mol. The summed E-state index contributed by atoms with van der Waals surface area (Å²) in [6.45, 7) is 4.23. The fourth-order valence-electron chi connectivity index (χ4n) is 2.12. The van der Waals surface area contributed by atoms with E-state index in [1.807, 2.05) is 0 Å². The van der Waals surface area contributed by atoms with Gasteiger partial charge in [-0.1, -0.05) is 24.6 Å². The van der Waals surface area contributed by atoms with Crippen molar-refractivity contribution in [1.82, 2.24) is 4.90 Å². The van der Waals surface area contributed by atoms with Crippen LogP contribution in [0.25, 0.3) is 0 Å². The Hall–Kier alpha value is -0.770. The van der Waals surface area contributed by atoms with E-state index >= 15 is 0 Å². The molecule has 0 fully saturated rings. The number of rotatable bonds is 8. The number of nitrogens with zero attached hydrogens (tertiary/aromatic N) is 2. The van der Waals surface area contributed by atoms with Gasteiger partial charge in [0.05, 0.1) is 0 Å². The van der Waals surface area contributed by atoms with Gasteiger partial charge < -0.3 is 15.5 Å². The SMILES string of the molecule is CCC(N)Cc1ccc(N(C)CCCN(C)C)cc1Cl. The molecule has 1 atom stereocenters. The van der Waals surface area contributed by atoms with Gasteiger partial charge in [0.25, 0.3) is 0 Å². The van der Waals surface area contributed by atoms with Crippen molar-refractivity contribution in [3.63, 3.8) is 0 Å². The van der Waals surface area contributed by atoms with E-state index in [0.717, 1.165) is 42.9 Å². The van der Waals surface area contributed by atoms with Crippen molar-refractivity contribution in [1.29, 1.82) is 0 Å². The molecule has 0 aromatic heterocycles. The first kappa shape index (κ1) is 17.3. The summed E-state index contributed by atoms with van der Waals surface area (Å²) in [5.74, 6) is 0. The normalized spacial score (nSPS) is 12.8. The predicted octanol–water partition coefficient (Wildman–Crippen LogP) is 3.01. The van der Waals surface area contributed by atoms with E-state index in [9.17, 15) is 0 Å². The minimum absolute atomic E-state index is 0.191. The van der Waals surface area contributed by atoms with Gasteiger partial charge >= 0.3 is 0 Å². The molecular formula is C16H28ClN3. The summed E-state index contributed by atoms with van der Waals surface area (Å²) in [6.07, 6.45) is 2.96. The first-order chi connectivity index (χ1) is 9.43. The largest absolute Gasteiger partial charge is 0.375 e. The lowest BCUT2D eigenvalue weighted by Crippen LogP contribution is -2.23. The number of anilines is 1. The predicted molar refractivity (Wildman–Crippen MR) is 89.9 cm³/mol. The van der Waals surface area contributed by atoms with Crippen molar-refractivity contribution in [2.75, 3.05) is 39.1 Å². The van der Waals surface area contributed by atoms with Crippen LogP contribution in [0.15, 0.2) is 18.2 Å². The third kappa shape index (κ3) is 5.70. The van der Waals surface area contributed by atoms with Crippen LogP contribution >= 0.6 is 11.6 Å². The number of hydrogen-bond donors (Lipinski definition) is 1. The summed E-state index contributed by atoms with van der Waals surface area (Å²) >= 11 is 6.37. The highest BCUT2D eigenvalue weighted by Gasteiger charge is 2.08. The minimum Gasteiger partial charge on any atom is -0.375 e. The molecule has 1 unspecified atom stereocenters. The molecule has 0 bridgehead atoms. The average molecular weight is 298 g/mol. The Balaban J connectivity index is 2.61. The average Bonchev–Trinajstić information content (AvgIpc) is 2.40. The molecular weight excluding hydrogens is 270 g/mol. The highest BCUT2D eigenvalue weighted by Crippen LogP contribution is 2.24. The van der Waals surface area contributed by atoms with E-state index in [1.54, 1.807) is 0 Å². The first-order valence-electron chi connectivity index (χ1n) is 7.34. The van der Waals surface area contributed by atoms with Crippen LogP contribution in [-0.2, 0) is 6.42 Å². The third-order valence-corrected chi connectivity index (χ3v) is 3.93. The Morgan fingerprint density at radius 3 is 2.45 bits per heavy atom. The molecule has 0 saturated heterocycles. The minimum atomic E-state index is 0.191. The van der Waals surface area contributed by atoms with Crippen LogP contribution in [-0.4, -0.2) is 45.2 Å². The van der Waals surface area contributed by atoms with E-state index < -0.39 is 0 Å². The van der Waals surface area contributed by atoms with Crippen LogP contribution in [0.4, 0.5) is 5.69 Å². The lowest BCUT2D eigenvalue weighted by molar-refractivity contribution is 0.401. The van der Waals surface area contributed by atoms with Gasteiger partial charge in [0.2, 0.25) is 0 Å². The van der Waals surface area contributed by atoms with Gasteiger partial charge in [0.1, 0.15) is 0 Å². The van der Waals surface area contributed by atoms with E-state index in [-0.39, 0.29) is 6.04 Å². The Kier molecular flexibility index (Phi) is 7.35. The number of benzene rings is 1. The van der Waals surface area contributed by atoms with Gasteiger partial charge in [-0.25, -0.2) is 0 Å². The molecule has 0 amide bonds. The highest BCUT2D eigenvalue weighted by molar-refractivity contribution is 6.31. The standard InChI is InChI=1S/C16H28ClN3/c1-5-14(18)11-13-7-8-15(12-16(13)17)20(4)10-6-9-19(2)3/h7-8,12,14H,5-6,9-11,18H2,1-4H3. The molecule has 20 heavy (non-hydrogen) atoms. The Morgan fingerprint density at radius 1 is 1.20 bits per heavy atom. The zero-order valence-electron chi connectivity index (χ0n) is 13.2. The topological polar surface area (TPSA) is 32.5 Å². The molecule has 1 aromatic rings. The van der Waals surface area contributed by atoms with Crippen molar-refractivity contribution in [3.05, 3.63) is 28.8 Å². The summed E-state index contributed by atoms with van der Waals surface area (Å²) in [5.41, 5.74) is 8.31. The molecule has 2 N–H and O–H groups in total. The van der Waals surface area contributed by atoms with E-state index in [4.69, 9.17) is 17.3 Å². The Bertz CT molecular complexity index is 407. The van der Waals surface area contributed by atoms with Gasteiger partial charge in [-0.15, -0.1) is 0 Å². The molecule has 114 valence electrons. The van der Waals surface area contributed by atoms with Crippen LogP contribution in [0, 0.1) is 0 Å². The van der Waals surface area contributed by atoms with Gasteiger partial charge in [0.15, 0.2) is 0 Å². The Labute approximate surface area is 128 Å². The maximum Gasteiger partial charge on any atom is 0.0459 e. The summed E-state index contributed by atoms with van der Waals surface area (Å²) in [6, 6.07) is 6.49. The smallest absolute Gasteiger partial charge is 0.0459 e. The highest BCUT2D eigenvalue weighted by atomic mass is 35.5. The third-order valence-electron chi connectivity index (χ3n) is 3.58. The van der Waals surface area contributed by atoms with Crippen molar-refractivity contribution in [2.24, 2.45) is 5.73 Å². The zero-order valence-corrected chi connectivity index (χ0v) is 14.0. The Morgan fingerprint density at radius 2 is 1.90 bits per heavy atom. The number of halogens is 1. The van der Waals surface area contributed by atoms with Crippen LogP contribution < -0.4 is 10.6 Å². The maximum atomic E-state index is 6.37. The summed E-state index contributed by atoms with van der Waals surface area (Å²) in [4.78, 5) is 4.45. The number of hydrogen-bond acceptors (Lipinski definition) is 3. The van der Waals surface area contributed by atoms with Crippen LogP contribution in [0.2, 0.25) is 5.02 Å². The second-order valence-electron chi connectivity index (χ2n) is 5.73. The fraction of sp³-hybridized carbons (Fsp3) is 0.625. The molecule has 3 nitrogen and oxygen atoms in total. The summed E-state index contributed by atoms with van der Waals surface area (Å²) < 4.78 is 0. The molecule has 0 aliphatic rings. The van der Waals surface area contributed by atoms with E-state index in [1.165, 1.54) is 5.69 Å². The molecule has 1 aromatic carbocycles. The maximum absolute atomic E-state index is 6.37. The van der Waals surface area contributed by atoms with Crippen molar-refractivity contribution in [3.8, 4) is 0 Å². The van der Waals surface area contributed by atoms with Gasteiger partial charge in [-0.3, -0.25) is 0 Å². The molecule has 0 aliphatic carbocycles. The van der Waals surface area contributed by atoms with Crippen molar-refractivity contribution >= 4 is 17.3 Å². The molecule has 1 rings (SSSR count). The fourth-order valence-corrected chi connectivity index (χ4v) is 2.37. The van der Waals surface area contributed by atoms with Crippen LogP contribution in [0.1, 0.15) is 25.3 Å². The summed E-state index contributed by atoms with van der Waals surface area (Å²) in [7, 11) is 6.31. The molecule has 0 aliphatic heterocycles. The molecule has 4 heteroatoms. The van der Waals surface area contributed by atoms with Gasteiger partial charge in [-0.05, 0) is 57.6 Å². The summed E-state index contributed by atoms with van der Waals surface area (Å²) in [5, 5.41) is 0.825. The molecule has 0 saturated carbocycles. The van der Waals surface area contributed by atoms with Crippen molar-refractivity contribution < 1.29 is 0 Å². The second-order valence-corrected chi connectivity index (χ2v) is 6.13. The van der Waals surface area contributed by atoms with Crippen LogP contribution in [0.3, 0.4) is 0 Å². The van der Waals surface area contributed by atoms with E-state index in [2.05, 4.69) is 56.1 Å². The lowest BCUT2D eigenvalue weighted by Gasteiger charge is -2.21. The quantitative estimate of drug-likeness (QED) is 0.800. The second kappa shape index (κ2) is 8.50. The van der Waals surface area contributed by atoms with Crippen LogP contribution in [0.5, 0.6) is 0 Å². The van der Waals surface area contributed by atoms with E-state index in [0.29, 0.717) is 0 Å². The van der Waals surface area contributed by atoms with Crippen molar-refractivity contribution in [2.45, 2.75) is 32.2 Å². The molecule has 0 radical (unpaired) electrons. The zero-order chi connectivity index (χ0) is 15.1. The van der Waals surface area contributed by atoms with Gasteiger partial charge in [0, 0.05) is 30.3 Å². The van der Waals surface area contributed by atoms with Gasteiger partial charge in [-0.2, -0.15) is 0 Å². The first-order valence-corrected chi connectivity index (χ1v) is 7.71. The lowest BCUT2D eigenvalue weighted by atomic mass is 10.0. The molecule has 0 heterocycles. The molecule has 0 spiro atoms.